The van der Waals surface area contributed by atoms with Crippen molar-refractivity contribution in [1.29, 1.82) is 0 Å². The Morgan fingerprint density at radius 1 is 0.414 bits per heavy atom. The Labute approximate surface area is 767 Å². The lowest BCUT2D eigenvalue weighted by molar-refractivity contribution is -0.157. The summed E-state index contributed by atoms with van der Waals surface area (Å²) in [5, 5.41) is 27.8. The van der Waals surface area contributed by atoms with Crippen LogP contribution in [0.1, 0.15) is 186 Å². The van der Waals surface area contributed by atoms with Crippen LogP contribution in [0, 0.1) is 5.92 Å². The Bertz CT molecular complexity index is 4240. The minimum atomic E-state index is -1.91. The van der Waals surface area contributed by atoms with Gasteiger partial charge in [-0.25, -0.2) is 4.79 Å². The summed E-state index contributed by atoms with van der Waals surface area (Å²) in [6, 6.07) is 29.7. The number of carbonyl (C=O) groups excluding carboxylic acids is 12. The predicted octanol–water partition coefficient (Wildman–Crippen LogP) is 10.1. The van der Waals surface area contributed by atoms with Crippen molar-refractivity contribution < 1.29 is 95.4 Å². The molecule has 0 bridgehead atoms. The molecule has 10 amide bonds. The molecule has 10 N–H and O–H groups in total. The normalized spacial score (nSPS) is 14.6. The molecule has 30 nitrogen and oxygen atoms in total. The lowest BCUT2D eigenvalue weighted by atomic mass is 9.80. The van der Waals surface area contributed by atoms with E-state index in [1.54, 1.807) is 145 Å². The highest BCUT2D eigenvalue weighted by molar-refractivity contribution is 8.76. The average molecular weight is 1840 g/mol. The summed E-state index contributed by atoms with van der Waals surface area (Å²) < 4.78 is 48.7. The number of Topliss-reactive ketones (excluding diaryl/α,β-unsaturated/α-hetero) is 1. The van der Waals surface area contributed by atoms with E-state index in [-0.39, 0.29) is 50.7 Å². The number of benzene rings is 5. The molecule has 0 aliphatic rings. The lowest BCUT2D eigenvalue weighted by Crippen LogP contribution is -2.64. The van der Waals surface area contributed by atoms with Crippen LogP contribution in [0.3, 0.4) is 0 Å². The summed E-state index contributed by atoms with van der Waals surface area (Å²) in [4.78, 5) is 175. The van der Waals surface area contributed by atoms with E-state index in [2.05, 4.69) is 53.2 Å². The fourth-order valence-electron chi connectivity index (χ4n) is 13.0. The van der Waals surface area contributed by atoms with E-state index < -0.39 is 191 Å². The SMILES string of the molecule is CCSSC[C@H](NC(=O)OC(C)(C)C)C(=O)NCCOCCOCC(=O)N[C@@H](Cc1ccc(OC(C)(C)C)cc1)C(=O)N[C@@H](COC(C)(C)C)C(=O)N[C@H](C(=O)N[C@@H](COC(c1ccccc1)(c1ccccc1)c1ccccc1)C(=O)N[C@@H](CC(=O)OC(C)(C)C)C(=O)N[C@@H](Cc1ccccc1)C(=O)N[C@H](C(=O)N[C@@H](CCSC)C(C)=O)C(C)CC)C(C)OC(C)(C)C. The van der Waals surface area contributed by atoms with Gasteiger partial charge >= 0.3 is 12.1 Å². The van der Waals surface area contributed by atoms with E-state index in [0.717, 1.165) is 5.75 Å². The van der Waals surface area contributed by atoms with E-state index in [1.165, 1.54) is 47.2 Å². The van der Waals surface area contributed by atoms with Gasteiger partial charge in [-0.1, -0.05) is 182 Å². The van der Waals surface area contributed by atoms with Gasteiger partial charge in [-0.3, -0.25) is 52.7 Å². The molecular formula is C95H138N10O20S3. The van der Waals surface area contributed by atoms with Crippen molar-refractivity contribution in [2.24, 2.45) is 5.92 Å². The molecule has 0 heterocycles. The van der Waals surface area contributed by atoms with Crippen molar-refractivity contribution >= 4 is 104 Å². The minimum Gasteiger partial charge on any atom is -0.488 e. The van der Waals surface area contributed by atoms with Crippen LogP contribution in [0.5, 0.6) is 5.75 Å². The number of carbonyl (C=O) groups is 12. The summed E-state index contributed by atoms with van der Waals surface area (Å²) >= 11 is 1.50. The van der Waals surface area contributed by atoms with Gasteiger partial charge in [-0.15, -0.1) is 0 Å². The van der Waals surface area contributed by atoms with Crippen molar-refractivity contribution in [1.82, 2.24) is 53.2 Å². The summed E-state index contributed by atoms with van der Waals surface area (Å²) in [5.74, 6) is -7.33. The van der Waals surface area contributed by atoms with E-state index in [4.69, 9.17) is 37.9 Å². The van der Waals surface area contributed by atoms with E-state index in [9.17, 15) is 28.8 Å². The van der Waals surface area contributed by atoms with Crippen molar-refractivity contribution in [3.63, 3.8) is 0 Å². The third-order valence-corrected chi connectivity index (χ3v) is 22.3. The predicted molar refractivity (Wildman–Crippen MR) is 499 cm³/mol. The van der Waals surface area contributed by atoms with Crippen molar-refractivity contribution in [3.8, 4) is 5.75 Å². The van der Waals surface area contributed by atoms with Crippen LogP contribution in [-0.4, -0.2) is 229 Å². The molecule has 0 aliphatic carbocycles. The van der Waals surface area contributed by atoms with Gasteiger partial charge in [0.1, 0.15) is 83.1 Å². The molecule has 2 unspecified atom stereocenters. The van der Waals surface area contributed by atoms with Crippen LogP contribution in [0.15, 0.2) is 146 Å². The Balaban J connectivity index is 1.59. The monoisotopic (exact) mass is 1830 g/mol. The lowest BCUT2D eigenvalue weighted by Gasteiger charge is -2.37. The number of ether oxygens (including phenoxy) is 8. The van der Waals surface area contributed by atoms with Gasteiger partial charge in [0, 0.05) is 30.9 Å². The second kappa shape index (κ2) is 52.9. The molecule has 128 heavy (non-hydrogen) atoms. The van der Waals surface area contributed by atoms with Gasteiger partial charge in [-0.05, 0) is 182 Å². The molecule has 5 aromatic rings. The van der Waals surface area contributed by atoms with Crippen LogP contribution in [0.25, 0.3) is 0 Å². The zero-order chi connectivity index (χ0) is 95.2. The highest BCUT2D eigenvalue weighted by atomic mass is 33.1. The van der Waals surface area contributed by atoms with E-state index in [1.807, 2.05) is 132 Å². The number of hydrogen-bond acceptors (Lipinski definition) is 23. The number of rotatable bonds is 52. The molecule has 0 spiro atoms. The Hall–Kier alpha value is -9.61. The van der Waals surface area contributed by atoms with Crippen molar-refractivity contribution in [2.75, 3.05) is 69.7 Å². The molecule has 0 aliphatic heterocycles. The maximum absolute atomic E-state index is 16.1. The van der Waals surface area contributed by atoms with Crippen molar-refractivity contribution in [3.05, 3.63) is 173 Å². The molecule has 33 heteroatoms. The summed E-state index contributed by atoms with van der Waals surface area (Å²) in [5.41, 5.74) is -3.19. The van der Waals surface area contributed by atoms with Crippen LogP contribution in [0.4, 0.5) is 4.79 Å². The summed E-state index contributed by atoms with van der Waals surface area (Å²) in [7, 11) is 2.97. The fraction of sp³-hybridized carbons (Fsp3) is 0.558. The molecule has 5 rings (SSSR count). The van der Waals surface area contributed by atoms with Gasteiger partial charge in [0.25, 0.3) is 0 Å². The molecule has 0 radical (unpaired) electrons. The second-order valence-corrected chi connectivity index (χ2v) is 39.8. The standard InChI is InChI=1S/C95H138N10O20S3/c1-22-61(3)79(87(115)98-70(62(4)106)48-53-126-21)104-84(112)72(54-64-36-28-24-29-37-64)99-83(111)73(56-78(108)124-93(15,16)17)100-85(113)75(58-121-95(66-38-30-25-31-39-66,67-40-32-26-33-41-67)68-42-34-27-35-43-68)102-88(116)80(63(5)122-91(9,10)11)105-86(114)74(57-120-90(6,7)8)101-82(110)71(55-65-44-46-69(47-45-65)123-92(12,13)14)97-77(107)59-119-52-51-118-50-49-96-81(109)76(60-128-127-23-2)103-89(117)125-94(18,19)20/h24-47,61,63,70-76,79-80H,22-23,48-60H2,1-21H3,(H,96,109)(H,97,107)(H,98,115)(H,99,111)(H,100,113)(H,101,110)(H,102,116)(H,103,117)(H,104,112)(H,105,114)/t61?,63?,70-,71-,72-,73-,74-,75-,76-,79-,80-/m0/s1. The molecule has 11 atom stereocenters. The molecule has 0 saturated carbocycles. The zero-order valence-electron chi connectivity index (χ0n) is 78.2. The first-order valence-corrected chi connectivity index (χ1v) is 47.3. The van der Waals surface area contributed by atoms with Crippen LogP contribution < -0.4 is 57.9 Å². The van der Waals surface area contributed by atoms with Crippen LogP contribution in [-0.2, 0) is 104 Å². The first-order chi connectivity index (χ1) is 60.1. The summed E-state index contributed by atoms with van der Waals surface area (Å²) in [6.45, 7) is 32.6. The highest BCUT2D eigenvalue weighted by Crippen LogP contribution is 2.41. The molecule has 0 fully saturated rings. The number of amides is 10. The van der Waals surface area contributed by atoms with Gasteiger partial charge < -0.3 is 91.1 Å². The first kappa shape index (κ1) is 109. The number of nitrogens with one attached hydrogen (secondary N) is 10. The van der Waals surface area contributed by atoms with Crippen LogP contribution >= 0.6 is 33.3 Å². The Morgan fingerprint density at radius 2 is 0.867 bits per heavy atom. The number of hydrogen-bond donors (Lipinski definition) is 10. The molecule has 0 aromatic heterocycles. The number of thioether (sulfide) groups is 1. The number of alkyl carbamates (subject to hydrolysis) is 1. The molecule has 706 valence electrons. The zero-order valence-corrected chi connectivity index (χ0v) is 80.7. The molecule has 5 aromatic carbocycles. The quantitative estimate of drug-likeness (QED) is 0.00748. The molecule has 0 saturated heterocycles. The van der Waals surface area contributed by atoms with Gasteiger partial charge in [0.15, 0.2) is 5.78 Å². The Morgan fingerprint density at radius 3 is 1.38 bits per heavy atom. The van der Waals surface area contributed by atoms with Crippen LogP contribution in [0.2, 0.25) is 0 Å². The summed E-state index contributed by atoms with van der Waals surface area (Å²) in [6.07, 6.45) is -0.576. The van der Waals surface area contributed by atoms with E-state index in [0.29, 0.717) is 52.2 Å². The number of esters is 1. The fourth-order valence-corrected chi connectivity index (χ4v) is 15.3. The van der Waals surface area contributed by atoms with E-state index >= 15 is 28.8 Å². The van der Waals surface area contributed by atoms with Gasteiger partial charge in [0.2, 0.25) is 53.2 Å². The number of ketones is 1. The third-order valence-electron chi connectivity index (χ3n) is 19.1. The van der Waals surface area contributed by atoms with Crippen molar-refractivity contribution in [2.45, 2.75) is 265 Å². The van der Waals surface area contributed by atoms with Gasteiger partial charge in [-0.2, -0.15) is 11.8 Å². The minimum absolute atomic E-state index is 0.00919. The smallest absolute Gasteiger partial charge is 0.408 e. The maximum atomic E-state index is 16.1. The third kappa shape index (κ3) is 40.2. The maximum Gasteiger partial charge on any atom is 0.408 e. The molecular weight excluding hydrogens is 1700 g/mol. The second-order valence-electron chi connectivity index (χ2n) is 36.0. The first-order valence-electron chi connectivity index (χ1n) is 43.4. The average Bonchev–Trinajstić information content (AvgIpc) is 0.754. The highest BCUT2D eigenvalue weighted by Gasteiger charge is 2.44. The Kier molecular flexibility index (Phi) is 45.0. The van der Waals surface area contributed by atoms with Gasteiger partial charge in [0.05, 0.1) is 62.8 Å². The topological polar surface area (TPSA) is 399 Å². The largest absolute Gasteiger partial charge is 0.488 e.